The Balaban J connectivity index is 2.67. The van der Waals surface area contributed by atoms with Crippen LogP contribution >= 0.6 is 0 Å². The van der Waals surface area contributed by atoms with Gasteiger partial charge in [-0.15, -0.1) is 0 Å². The van der Waals surface area contributed by atoms with Gasteiger partial charge in [-0.05, 0) is 44.9 Å². The highest BCUT2D eigenvalue weighted by molar-refractivity contribution is 5.95. The third-order valence-electron chi connectivity index (χ3n) is 3.01. The van der Waals surface area contributed by atoms with Crippen molar-refractivity contribution in [3.05, 3.63) is 23.8 Å². The zero-order chi connectivity index (χ0) is 13.7. The third-order valence-corrected chi connectivity index (χ3v) is 3.01. The van der Waals surface area contributed by atoms with Crippen molar-refractivity contribution in [3.8, 4) is 0 Å². The zero-order valence-electron chi connectivity index (χ0n) is 11.5. The van der Waals surface area contributed by atoms with Gasteiger partial charge in [0.25, 0.3) is 5.91 Å². The molecule has 0 saturated heterocycles. The summed E-state index contributed by atoms with van der Waals surface area (Å²) in [5.74, 6) is -0.149. The molecule has 100 valence electrons. The normalized spacial score (nSPS) is 14.0. The summed E-state index contributed by atoms with van der Waals surface area (Å²) in [6.07, 6.45) is 0.489. The number of nitrogen functional groups attached to an aromatic ring is 1. The Kier molecular flexibility index (Phi) is 5.16. The van der Waals surface area contributed by atoms with Crippen molar-refractivity contribution in [2.24, 2.45) is 0 Å². The molecular formula is C14H22N2O2. The van der Waals surface area contributed by atoms with Gasteiger partial charge in [0.1, 0.15) is 6.10 Å². The molecule has 0 aliphatic rings. The van der Waals surface area contributed by atoms with Gasteiger partial charge in [-0.2, -0.15) is 0 Å². The number of anilines is 2. The molecular weight excluding hydrogens is 228 g/mol. The van der Waals surface area contributed by atoms with Gasteiger partial charge in [0.2, 0.25) is 0 Å². The van der Waals surface area contributed by atoms with Gasteiger partial charge in [-0.1, -0.05) is 13.0 Å². The van der Waals surface area contributed by atoms with Crippen LogP contribution in [-0.2, 0) is 9.53 Å². The summed E-state index contributed by atoms with van der Waals surface area (Å²) in [5, 5.41) is 2.84. The second kappa shape index (κ2) is 6.40. The summed E-state index contributed by atoms with van der Waals surface area (Å²) in [4.78, 5) is 12.0. The summed E-state index contributed by atoms with van der Waals surface area (Å²) in [5.41, 5.74) is 8.07. The molecule has 0 heterocycles. The molecule has 0 aliphatic carbocycles. The van der Waals surface area contributed by atoms with E-state index in [2.05, 4.69) is 5.32 Å². The fraction of sp³-hybridized carbons (Fsp3) is 0.500. The van der Waals surface area contributed by atoms with Crippen LogP contribution in [0.5, 0.6) is 0 Å². The average Bonchev–Trinajstić information content (AvgIpc) is 2.34. The van der Waals surface area contributed by atoms with E-state index in [1.165, 1.54) is 0 Å². The monoisotopic (exact) mass is 250 g/mol. The van der Waals surface area contributed by atoms with Crippen molar-refractivity contribution in [2.75, 3.05) is 11.1 Å². The number of carbonyl (C=O) groups excluding carboxylic acids is 1. The lowest BCUT2D eigenvalue weighted by molar-refractivity contribution is -0.129. The Morgan fingerprint density at radius 3 is 2.72 bits per heavy atom. The predicted octanol–water partition coefficient (Wildman–Crippen LogP) is 2.72. The number of hydrogen-bond acceptors (Lipinski definition) is 3. The highest BCUT2D eigenvalue weighted by Gasteiger charge is 2.16. The van der Waals surface area contributed by atoms with Gasteiger partial charge in [-0.3, -0.25) is 4.79 Å². The van der Waals surface area contributed by atoms with Gasteiger partial charge in [0.15, 0.2) is 0 Å². The molecule has 0 spiro atoms. The highest BCUT2D eigenvalue weighted by Crippen LogP contribution is 2.20. The van der Waals surface area contributed by atoms with E-state index in [-0.39, 0.29) is 12.0 Å². The average molecular weight is 250 g/mol. The lowest BCUT2D eigenvalue weighted by Gasteiger charge is -2.18. The number of rotatable bonds is 5. The van der Waals surface area contributed by atoms with E-state index >= 15 is 0 Å². The molecule has 1 aromatic carbocycles. The number of ether oxygens (including phenoxy) is 1. The van der Waals surface area contributed by atoms with Gasteiger partial charge in [-0.25, -0.2) is 0 Å². The van der Waals surface area contributed by atoms with Crippen molar-refractivity contribution in [3.63, 3.8) is 0 Å². The Labute approximate surface area is 109 Å². The maximum Gasteiger partial charge on any atom is 0.253 e. The first kappa shape index (κ1) is 14.5. The summed E-state index contributed by atoms with van der Waals surface area (Å²) in [6.45, 7) is 7.61. The van der Waals surface area contributed by atoms with Crippen molar-refractivity contribution in [1.82, 2.24) is 0 Å². The second-order valence-electron chi connectivity index (χ2n) is 4.51. The molecule has 1 amide bonds. The molecule has 3 N–H and O–H groups in total. The van der Waals surface area contributed by atoms with Crippen LogP contribution in [0.4, 0.5) is 11.4 Å². The maximum absolute atomic E-state index is 12.0. The molecule has 0 radical (unpaired) electrons. The fourth-order valence-corrected chi connectivity index (χ4v) is 1.53. The highest BCUT2D eigenvalue weighted by atomic mass is 16.5. The first-order valence-corrected chi connectivity index (χ1v) is 6.27. The van der Waals surface area contributed by atoms with Crippen molar-refractivity contribution < 1.29 is 9.53 Å². The fourth-order valence-electron chi connectivity index (χ4n) is 1.53. The Hall–Kier alpha value is -1.55. The molecule has 0 aliphatic heterocycles. The Bertz CT molecular complexity index is 418. The molecule has 4 nitrogen and oxygen atoms in total. The Morgan fingerprint density at radius 2 is 2.11 bits per heavy atom. The summed E-state index contributed by atoms with van der Waals surface area (Å²) in [6, 6.07) is 5.46. The minimum atomic E-state index is -0.471. The number of hydrogen-bond donors (Lipinski definition) is 2. The van der Waals surface area contributed by atoms with Crippen LogP contribution in [0.15, 0.2) is 18.2 Å². The van der Waals surface area contributed by atoms with E-state index < -0.39 is 6.10 Å². The number of benzene rings is 1. The minimum Gasteiger partial charge on any atom is -0.398 e. The molecule has 4 heteroatoms. The first-order valence-electron chi connectivity index (χ1n) is 6.27. The minimum absolute atomic E-state index is 0.0766. The van der Waals surface area contributed by atoms with Gasteiger partial charge in [0.05, 0.1) is 6.10 Å². The van der Waals surface area contributed by atoms with E-state index in [1.54, 1.807) is 6.92 Å². The zero-order valence-corrected chi connectivity index (χ0v) is 11.5. The standard InChI is InChI=1S/C14H22N2O2/c1-5-9(2)18-11(4)14(17)16-13-8-6-7-12(15)10(13)3/h6-9,11H,5,15H2,1-4H3,(H,16,17). The smallest absolute Gasteiger partial charge is 0.253 e. The molecule has 2 unspecified atom stereocenters. The van der Waals surface area contributed by atoms with E-state index in [1.807, 2.05) is 39.0 Å². The molecule has 18 heavy (non-hydrogen) atoms. The predicted molar refractivity (Wildman–Crippen MR) is 74.5 cm³/mol. The molecule has 0 fully saturated rings. The van der Waals surface area contributed by atoms with E-state index in [9.17, 15) is 4.79 Å². The number of nitrogens with one attached hydrogen (secondary N) is 1. The van der Waals surface area contributed by atoms with Crippen LogP contribution in [-0.4, -0.2) is 18.1 Å². The second-order valence-corrected chi connectivity index (χ2v) is 4.51. The maximum atomic E-state index is 12.0. The molecule has 2 atom stereocenters. The Morgan fingerprint density at radius 1 is 1.44 bits per heavy atom. The lowest BCUT2D eigenvalue weighted by atomic mass is 10.1. The molecule has 0 bridgehead atoms. The topological polar surface area (TPSA) is 64.3 Å². The van der Waals surface area contributed by atoms with Crippen molar-refractivity contribution in [1.29, 1.82) is 0 Å². The van der Waals surface area contributed by atoms with E-state index in [0.29, 0.717) is 5.69 Å². The van der Waals surface area contributed by atoms with Crippen molar-refractivity contribution >= 4 is 17.3 Å². The molecule has 1 rings (SSSR count). The van der Waals surface area contributed by atoms with Gasteiger partial charge in [0, 0.05) is 11.4 Å². The van der Waals surface area contributed by atoms with Crippen molar-refractivity contribution in [2.45, 2.75) is 46.3 Å². The summed E-state index contributed by atoms with van der Waals surface area (Å²) >= 11 is 0. The molecule has 0 aromatic heterocycles. The van der Waals surface area contributed by atoms with Crippen LogP contribution in [0.2, 0.25) is 0 Å². The van der Waals surface area contributed by atoms with Crippen LogP contribution in [0, 0.1) is 6.92 Å². The number of amides is 1. The summed E-state index contributed by atoms with van der Waals surface area (Å²) in [7, 11) is 0. The number of nitrogens with two attached hydrogens (primary N) is 1. The molecule has 0 saturated carbocycles. The van der Waals surface area contributed by atoms with E-state index in [4.69, 9.17) is 10.5 Å². The van der Waals surface area contributed by atoms with Crippen LogP contribution in [0.25, 0.3) is 0 Å². The summed E-state index contributed by atoms with van der Waals surface area (Å²) < 4.78 is 5.56. The molecule has 1 aromatic rings. The lowest BCUT2D eigenvalue weighted by Crippen LogP contribution is -2.30. The van der Waals surface area contributed by atoms with Crippen LogP contribution in [0.1, 0.15) is 32.8 Å². The quantitative estimate of drug-likeness (QED) is 0.790. The van der Waals surface area contributed by atoms with Gasteiger partial charge >= 0.3 is 0 Å². The van der Waals surface area contributed by atoms with Gasteiger partial charge < -0.3 is 15.8 Å². The largest absolute Gasteiger partial charge is 0.398 e. The number of carbonyl (C=O) groups is 1. The first-order chi connectivity index (χ1) is 8.45. The van der Waals surface area contributed by atoms with Crippen LogP contribution in [0.3, 0.4) is 0 Å². The van der Waals surface area contributed by atoms with E-state index in [0.717, 1.165) is 17.7 Å². The SMILES string of the molecule is CCC(C)OC(C)C(=O)Nc1cccc(N)c1C. The third kappa shape index (κ3) is 3.74. The van der Waals surface area contributed by atoms with Crippen LogP contribution < -0.4 is 11.1 Å².